The molecule has 0 aliphatic heterocycles. The smallest absolute Gasteiger partial charge is 0.0351 e. The largest absolute Gasteiger partial charge is 0.316 e. The molecule has 0 saturated carbocycles. The Morgan fingerprint density at radius 2 is 2.13 bits per heavy atom. The predicted octanol–water partition coefficient (Wildman–Crippen LogP) is 3.44. The predicted molar refractivity (Wildman–Crippen MR) is 69.5 cm³/mol. The molecule has 0 bridgehead atoms. The molecule has 1 nitrogen and oxygen atoms in total. The average molecular weight is 217 g/mol. The molecule has 0 amide bonds. The topological polar surface area (TPSA) is 12.0 Å². The van der Waals surface area contributed by atoms with Crippen LogP contribution in [0, 0.1) is 6.92 Å². The summed E-state index contributed by atoms with van der Waals surface area (Å²) < 4.78 is 1.37. The van der Waals surface area contributed by atoms with Crippen LogP contribution < -0.4 is 5.32 Å². The van der Waals surface area contributed by atoms with Crippen molar-refractivity contribution < 1.29 is 0 Å². The van der Waals surface area contributed by atoms with Crippen LogP contribution >= 0.6 is 11.3 Å². The number of nitrogens with one attached hydrogen (secondary N) is 1. The fourth-order valence-electron chi connectivity index (χ4n) is 1.64. The maximum absolute atomic E-state index is 3.11. The van der Waals surface area contributed by atoms with Crippen LogP contribution in [0.4, 0.5) is 0 Å². The molecule has 1 aromatic heterocycles. The Bertz CT molecular complexity index is 482. The van der Waals surface area contributed by atoms with E-state index in [0.717, 1.165) is 6.54 Å². The summed E-state index contributed by atoms with van der Waals surface area (Å²) in [5.41, 5.74) is 1.39. The molecule has 1 N–H and O–H groups in total. The number of thiophene rings is 1. The van der Waals surface area contributed by atoms with E-state index in [0.29, 0.717) is 0 Å². The zero-order valence-corrected chi connectivity index (χ0v) is 9.90. The number of aryl methyl sites for hydroxylation is 1. The third kappa shape index (κ3) is 2.11. The lowest BCUT2D eigenvalue weighted by atomic mass is 10.1. The third-order valence-electron chi connectivity index (χ3n) is 2.47. The van der Waals surface area contributed by atoms with Crippen LogP contribution in [0.25, 0.3) is 16.2 Å². The number of likely N-dealkylation sites (N-methyl/N-ethyl adjacent to an activating group) is 1. The minimum absolute atomic E-state index is 0.924. The van der Waals surface area contributed by atoms with E-state index in [1.807, 2.05) is 18.4 Å². The molecule has 2 rings (SSSR count). The Hall–Kier alpha value is -1.12. The number of hydrogen-bond donors (Lipinski definition) is 1. The first kappa shape index (κ1) is 10.4. The van der Waals surface area contributed by atoms with Crippen molar-refractivity contribution in [2.45, 2.75) is 6.92 Å². The maximum Gasteiger partial charge on any atom is 0.0351 e. The van der Waals surface area contributed by atoms with Gasteiger partial charge in [0.25, 0.3) is 0 Å². The number of fused-ring (bicyclic) bond motifs is 1. The van der Waals surface area contributed by atoms with Crippen molar-refractivity contribution in [1.82, 2.24) is 5.32 Å². The van der Waals surface area contributed by atoms with Crippen LogP contribution in [0.2, 0.25) is 0 Å². The van der Waals surface area contributed by atoms with Gasteiger partial charge in [0.15, 0.2) is 0 Å². The second kappa shape index (κ2) is 4.60. The molecule has 0 fully saturated rings. The van der Waals surface area contributed by atoms with Crippen LogP contribution in [-0.2, 0) is 0 Å². The van der Waals surface area contributed by atoms with Crippen LogP contribution in [0.3, 0.4) is 0 Å². The number of rotatable bonds is 3. The molecular weight excluding hydrogens is 202 g/mol. The van der Waals surface area contributed by atoms with E-state index in [2.05, 4.69) is 48.7 Å². The van der Waals surface area contributed by atoms with Gasteiger partial charge in [0.05, 0.1) is 0 Å². The molecule has 78 valence electrons. The molecule has 0 unspecified atom stereocenters. The van der Waals surface area contributed by atoms with Crippen molar-refractivity contribution in [1.29, 1.82) is 0 Å². The van der Waals surface area contributed by atoms with Crippen molar-refractivity contribution in [3.8, 4) is 0 Å². The van der Waals surface area contributed by atoms with E-state index >= 15 is 0 Å². The van der Waals surface area contributed by atoms with Gasteiger partial charge in [-0.05, 0) is 37.1 Å². The van der Waals surface area contributed by atoms with E-state index < -0.39 is 0 Å². The van der Waals surface area contributed by atoms with Gasteiger partial charge in [0.1, 0.15) is 0 Å². The Morgan fingerprint density at radius 3 is 2.87 bits per heavy atom. The van der Waals surface area contributed by atoms with Crippen molar-refractivity contribution >= 4 is 27.5 Å². The van der Waals surface area contributed by atoms with E-state index in [1.165, 1.54) is 20.5 Å². The monoisotopic (exact) mass is 217 g/mol. The molecule has 2 heteroatoms. The van der Waals surface area contributed by atoms with E-state index in [4.69, 9.17) is 0 Å². The second-order valence-corrected chi connectivity index (χ2v) is 4.63. The van der Waals surface area contributed by atoms with Gasteiger partial charge in [0, 0.05) is 16.1 Å². The second-order valence-electron chi connectivity index (χ2n) is 3.55. The Labute approximate surface area is 94.4 Å². The van der Waals surface area contributed by atoms with Gasteiger partial charge in [-0.1, -0.05) is 24.3 Å². The molecule has 0 radical (unpaired) electrons. The van der Waals surface area contributed by atoms with Gasteiger partial charge >= 0.3 is 0 Å². The molecule has 15 heavy (non-hydrogen) atoms. The normalized spacial score (nSPS) is 11.6. The van der Waals surface area contributed by atoms with Crippen LogP contribution in [0.1, 0.15) is 10.4 Å². The van der Waals surface area contributed by atoms with Crippen molar-refractivity contribution in [3.63, 3.8) is 0 Å². The van der Waals surface area contributed by atoms with Crippen molar-refractivity contribution in [3.05, 3.63) is 40.8 Å². The van der Waals surface area contributed by atoms with Gasteiger partial charge in [-0.15, -0.1) is 11.3 Å². The van der Waals surface area contributed by atoms with Crippen LogP contribution in [0.5, 0.6) is 0 Å². The van der Waals surface area contributed by atoms with Crippen molar-refractivity contribution in [2.24, 2.45) is 0 Å². The third-order valence-corrected chi connectivity index (χ3v) is 3.71. The Balaban J connectivity index is 2.40. The van der Waals surface area contributed by atoms with Crippen molar-refractivity contribution in [2.75, 3.05) is 13.6 Å². The zero-order chi connectivity index (χ0) is 10.7. The fourth-order valence-corrected chi connectivity index (χ4v) is 2.78. The molecule has 1 heterocycles. The highest BCUT2D eigenvalue weighted by Crippen LogP contribution is 2.31. The summed E-state index contributed by atoms with van der Waals surface area (Å²) in [6.45, 7) is 3.12. The van der Waals surface area contributed by atoms with Gasteiger partial charge in [-0.25, -0.2) is 0 Å². The number of hydrogen-bond acceptors (Lipinski definition) is 2. The van der Waals surface area contributed by atoms with Crippen LogP contribution in [-0.4, -0.2) is 13.6 Å². The highest BCUT2D eigenvalue weighted by atomic mass is 32.1. The summed E-state index contributed by atoms with van der Waals surface area (Å²) in [5, 5.41) is 4.49. The first-order valence-electron chi connectivity index (χ1n) is 5.12. The molecule has 0 spiro atoms. The molecule has 0 atom stereocenters. The quantitative estimate of drug-likeness (QED) is 0.830. The van der Waals surface area contributed by atoms with Gasteiger partial charge in [0.2, 0.25) is 0 Å². The summed E-state index contributed by atoms with van der Waals surface area (Å²) in [5.74, 6) is 0. The first-order valence-corrected chi connectivity index (χ1v) is 5.94. The van der Waals surface area contributed by atoms with Gasteiger partial charge < -0.3 is 5.32 Å². The Morgan fingerprint density at radius 1 is 1.33 bits per heavy atom. The highest BCUT2D eigenvalue weighted by Gasteiger charge is 2.03. The summed E-state index contributed by atoms with van der Waals surface area (Å²) in [6, 6.07) is 8.57. The summed E-state index contributed by atoms with van der Waals surface area (Å²) in [4.78, 5) is 1.37. The highest BCUT2D eigenvalue weighted by molar-refractivity contribution is 7.20. The van der Waals surface area contributed by atoms with E-state index in [1.54, 1.807) is 0 Å². The lowest BCUT2D eigenvalue weighted by molar-refractivity contribution is 0.922. The molecule has 0 aliphatic carbocycles. The molecule has 2 aromatic rings. The number of benzene rings is 1. The summed E-state index contributed by atoms with van der Waals surface area (Å²) >= 11 is 1.86. The lowest BCUT2D eigenvalue weighted by Gasteiger charge is -1.91. The Kier molecular flexibility index (Phi) is 3.19. The van der Waals surface area contributed by atoms with Crippen LogP contribution in [0.15, 0.2) is 30.3 Å². The SMILES string of the molecule is CNCC=Cc1sc2ccccc2c1C. The molecule has 1 aromatic carbocycles. The maximum atomic E-state index is 3.11. The van der Waals surface area contributed by atoms with Gasteiger partial charge in [-0.2, -0.15) is 0 Å². The fraction of sp³-hybridized carbons (Fsp3) is 0.231. The van der Waals surface area contributed by atoms with E-state index in [9.17, 15) is 0 Å². The lowest BCUT2D eigenvalue weighted by Crippen LogP contribution is -2.03. The minimum atomic E-state index is 0.924. The first-order chi connectivity index (χ1) is 7.33. The average Bonchev–Trinajstić information content (AvgIpc) is 2.57. The summed E-state index contributed by atoms with van der Waals surface area (Å²) in [6.07, 6.45) is 4.37. The molecular formula is C13H15NS. The van der Waals surface area contributed by atoms with E-state index in [-0.39, 0.29) is 0 Å². The zero-order valence-electron chi connectivity index (χ0n) is 9.08. The molecule has 0 saturated heterocycles. The van der Waals surface area contributed by atoms with Gasteiger partial charge in [-0.3, -0.25) is 0 Å². The minimum Gasteiger partial charge on any atom is -0.316 e. The standard InChI is InChI=1S/C13H15NS/c1-10-11-6-3-4-7-13(11)15-12(10)8-5-9-14-2/h3-8,14H,9H2,1-2H3. The summed E-state index contributed by atoms with van der Waals surface area (Å²) in [7, 11) is 1.96. The molecule has 0 aliphatic rings.